The standard InChI is InChI=1S/C14H19N3O3/c1-9(19)12(8-18)15-14(20)7-11-10-5-3-4-6-13(10)17(2)16-11/h3-6,9,12,18-19H,7-8H2,1-2H3,(H,15,20)/t9-,12-/m1/s1. The van der Waals surface area contributed by atoms with Crippen LogP contribution in [0.25, 0.3) is 10.9 Å². The van der Waals surface area contributed by atoms with Gasteiger partial charge in [-0.05, 0) is 13.0 Å². The van der Waals surface area contributed by atoms with Gasteiger partial charge in [-0.15, -0.1) is 0 Å². The quantitative estimate of drug-likeness (QED) is 0.716. The van der Waals surface area contributed by atoms with E-state index in [1.54, 1.807) is 4.68 Å². The number of amides is 1. The zero-order chi connectivity index (χ0) is 14.7. The van der Waals surface area contributed by atoms with Crippen LogP contribution < -0.4 is 5.32 Å². The molecule has 0 aliphatic carbocycles. The Morgan fingerprint density at radius 2 is 2.15 bits per heavy atom. The molecular formula is C14H19N3O3. The Hall–Kier alpha value is -1.92. The van der Waals surface area contributed by atoms with Gasteiger partial charge in [0.2, 0.25) is 5.91 Å². The van der Waals surface area contributed by atoms with E-state index in [0.29, 0.717) is 5.69 Å². The first-order valence-electron chi connectivity index (χ1n) is 6.52. The van der Waals surface area contributed by atoms with Crippen molar-refractivity contribution >= 4 is 16.8 Å². The summed E-state index contributed by atoms with van der Waals surface area (Å²) in [6.07, 6.45) is -0.686. The van der Waals surface area contributed by atoms with Crippen molar-refractivity contribution in [1.29, 1.82) is 0 Å². The van der Waals surface area contributed by atoms with Crippen LogP contribution in [0.3, 0.4) is 0 Å². The van der Waals surface area contributed by atoms with Gasteiger partial charge in [0.05, 0.1) is 36.4 Å². The summed E-state index contributed by atoms with van der Waals surface area (Å²) in [6, 6.07) is 7.03. The highest BCUT2D eigenvalue weighted by molar-refractivity contribution is 5.87. The van der Waals surface area contributed by atoms with Crippen molar-refractivity contribution in [2.24, 2.45) is 7.05 Å². The second-order valence-electron chi connectivity index (χ2n) is 4.86. The minimum Gasteiger partial charge on any atom is -0.394 e. The Morgan fingerprint density at radius 1 is 1.45 bits per heavy atom. The van der Waals surface area contributed by atoms with E-state index in [4.69, 9.17) is 5.11 Å². The van der Waals surface area contributed by atoms with Crippen LogP contribution >= 0.6 is 0 Å². The van der Waals surface area contributed by atoms with E-state index >= 15 is 0 Å². The van der Waals surface area contributed by atoms with Gasteiger partial charge in [0.25, 0.3) is 0 Å². The highest BCUT2D eigenvalue weighted by Gasteiger charge is 2.18. The predicted octanol–water partition coefficient (Wildman–Crippen LogP) is -0.0263. The van der Waals surface area contributed by atoms with Gasteiger partial charge in [-0.25, -0.2) is 0 Å². The largest absolute Gasteiger partial charge is 0.394 e. The summed E-state index contributed by atoms with van der Waals surface area (Å²) in [5.41, 5.74) is 1.65. The lowest BCUT2D eigenvalue weighted by Crippen LogP contribution is -2.45. The fourth-order valence-corrected chi connectivity index (χ4v) is 2.15. The fourth-order valence-electron chi connectivity index (χ4n) is 2.15. The number of carbonyl (C=O) groups excluding carboxylic acids is 1. The third-order valence-corrected chi connectivity index (χ3v) is 3.29. The maximum absolute atomic E-state index is 12.0. The molecule has 108 valence electrons. The molecule has 0 unspecified atom stereocenters. The van der Waals surface area contributed by atoms with Gasteiger partial charge in [-0.3, -0.25) is 9.48 Å². The normalized spacial score (nSPS) is 14.2. The molecule has 6 nitrogen and oxygen atoms in total. The lowest BCUT2D eigenvalue weighted by molar-refractivity contribution is -0.122. The van der Waals surface area contributed by atoms with Crippen molar-refractivity contribution in [3.63, 3.8) is 0 Å². The lowest BCUT2D eigenvalue weighted by atomic mass is 10.1. The van der Waals surface area contributed by atoms with Crippen molar-refractivity contribution in [3.05, 3.63) is 30.0 Å². The van der Waals surface area contributed by atoms with E-state index in [2.05, 4.69) is 10.4 Å². The molecule has 0 aliphatic rings. The zero-order valence-corrected chi connectivity index (χ0v) is 11.6. The van der Waals surface area contributed by atoms with Crippen LogP contribution in [0.15, 0.2) is 24.3 Å². The fraction of sp³-hybridized carbons (Fsp3) is 0.429. The van der Waals surface area contributed by atoms with E-state index in [-0.39, 0.29) is 18.9 Å². The minimum absolute atomic E-state index is 0.116. The van der Waals surface area contributed by atoms with Crippen molar-refractivity contribution in [2.75, 3.05) is 6.61 Å². The summed E-state index contributed by atoms with van der Waals surface area (Å²) in [4.78, 5) is 12.0. The number of rotatable bonds is 5. The highest BCUT2D eigenvalue weighted by atomic mass is 16.3. The summed E-state index contributed by atoms with van der Waals surface area (Å²) in [7, 11) is 1.83. The number of aliphatic hydroxyl groups is 2. The van der Waals surface area contributed by atoms with Crippen LogP contribution in [0.4, 0.5) is 0 Å². The van der Waals surface area contributed by atoms with E-state index in [1.807, 2.05) is 31.3 Å². The molecule has 0 bridgehead atoms. The molecule has 1 aromatic heterocycles. The Balaban J connectivity index is 2.14. The summed E-state index contributed by atoms with van der Waals surface area (Å²) in [5, 5.41) is 26.4. The first-order chi connectivity index (χ1) is 9.52. The number of benzene rings is 1. The van der Waals surface area contributed by atoms with E-state index in [9.17, 15) is 9.90 Å². The summed E-state index contributed by atoms with van der Waals surface area (Å²) < 4.78 is 1.73. The molecule has 0 saturated heterocycles. The molecule has 0 fully saturated rings. The van der Waals surface area contributed by atoms with Gasteiger partial charge in [0, 0.05) is 12.4 Å². The molecule has 2 atom stereocenters. The van der Waals surface area contributed by atoms with Crippen LogP contribution in [-0.4, -0.2) is 44.7 Å². The van der Waals surface area contributed by atoms with Gasteiger partial charge < -0.3 is 15.5 Å². The number of carbonyl (C=O) groups is 1. The summed E-state index contributed by atoms with van der Waals surface area (Å²) in [5.74, 6) is -0.270. The number of aromatic nitrogens is 2. The second kappa shape index (κ2) is 6.02. The van der Waals surface area contributed by atoms with Gasteiger partial charge in [-0.1, -0.05) is 18.2 Å². The van der Waals surface area contributed by atoms with Crippen molar-refractivity contribution in [2.45, 2.75) is 25.5 Å². The molecule has 2 rings (SSSR count). The minimum atomic E-state index is -0.801. The van der Waals surface area contributed by atoms with E-state index < -0.39 is 12.1 Å². The molecule has 6 heteroatoms. The smallest absolute Gasteiger partial charge is 0.226 e. The number of para-hydroxylation sites is 1. The number of hydrogen-bond donors (Lipinski definition) is 3. The number of fused-ring (bicyclic) bond motifs is 1. The maximum atomic E-state index is 12.0. The molecule has 0 saturated carbocycles. The first-order valence-corrected chi connectivity index (χ1v) is 6.52. The predicted molar refractivity (Wildman–Crippen MR) is 75.1 cm³/mol. The van der Waals surface area contributed by atoms with Crippen LogP contribution in [0, 0.1) is 0 Å². The summed E-state index contributed by atoms with van der Waals surface area (Å²) in [6.45, 7) is 1.23. The molecule has 20 heavy (non-hydrogen) atoms. The monoisotopic (exact) mass is 277 g/mol. The van der Waals surface area contributed by atoms with Crippen LogP contribution in [0.5, 0.6) is 0 Å². The molecular weight excluding hydrogens is 258 g/mol. The molecule has 0 aliphatic heterocycles. The Kier molecular flexibility index (Phi) is 4.36. The van der Waals surface area contributed by atoms with Crippen LogP contribution in [0.1, 0.15) is 12.6 Å². The van der Waals surface area contributed by atoms with Crippen LogP contribution in [0.2, 0.25) is 0 Å². The van der Waals surface area contributed by atoms with Crippen molar-refractivity contribution in [1.82, 2.24) is 15.1 Å². The zero-order valence-electron chi connectivity index (χ0n) is 11.6. The number of nitrogens with one attached hydrogen (secondary N) is 1. The number of aliphatic hydroxyl groups excluding tert-OH is 2. The SMILES string of the molecule is C[C@@H](O)[C@@H](CO)NC(=O)Cc1nn(C)c2ccccc12. The Bertz CT molecular complexity index is 607. The Labute approximate surface area is 117 Å². The third kappa shape index (κ3) is 2.97. The average molecular weight is 277 g/mol. The van der Waals surface area contributed by atoms with Gasteiger partial charge in [-0.2, -0.15) is 5.10 Å². The van der Waals surface area contributed by atoms with Gasteiger partial charge in [0.15, 0.2) is 0 Å². The number of nitrogens with zero attached hydrogens (tertiary/aromatic N) is 2. The molecule has 2 aromatic rings. The lowest BCUT2D eigenvalue weighted by Gasteiger charge is -2.18. The molecule has 1 heterocycles. The molecule has 1 amide bonds. The summed E-state index contributed by atoms with van der Waals surface area (Å²) >= 11 is 0. The maximum Gasteiger partial charge on any atom is 0.226 e. The van der Waals surface area contributed by atoms with E-state index in [1.165, 1.54) is 6.92 Å². The molecule has 3 N–H and O–H groups in total. The molecule has 1 aromatic carbocycles. The topological polar surface area (TPSA) is 87.4 Å². The number of aryl methyl sites for hydroxylation is 1. The van der Waals surface area contributed by atoms with Gasteiger partial charge >= 0.3 is 0 Å². The number of hydrogen-bond acceptors (Lipinski definition) is 4. The van der Waals surface area contributed by atoms with Crippen molar-refractivity contribution in [3.8, 4) is 0 Å². The average Bonchev–Trinajstić information content (AvgIpc) is 2.73. The molecule has 0 spiro atoms. The third-order valence-electron chi connectivity index (χ3n) is 3.29. The van der Waals surface area contributed by atoms with Crippen LogP contribution in [-0.2, 0) is 18.3 Å². The van der Waals surface area contributed by atoms with Crippen molar-refractivity contribution < 1.29 is 15.0 Å². The highest BCUT2D eigenvalue weighted by Crippen LogP contribution is 2.17. The Morgan fingerprint density at radius 3 is 2.80 bits per heavy atom. The molecule has 0 radical (unpaired) electrons. The second-order valence-corrected chi connectivity index (χ2v) is 4.86. The van der Waals surface area contributed by atoms with Gasteiger partial charge in [0.1, 0.15) is 0 Å². The first kappa shape index (κ1) is 14.5. The van der Waals surface area contributed by atoms with E-state index in [0.717, 1.165) is 10.9 Å².